The average Bonchev–Trinajstić information content (AvgIpc) is 3.54. The van der Waals surface area contributed by atoms with Gasteiger partial charge in [-0.25, -0.2) is 4.39 Å². The average molecular weight is 551 g/mol. The molecule has 218 valence electrons. The Morgan fingerprint density at radius 2 is 1.82 bits per heavy atom. The van der Waals surface area contributed by atoms with Crippen LogP contribution in [0.3, 0.4) is 0 Å². The quantitative estimate of drug-likeness (QED) is 0.447. The molecule has 2 aliphatic heterocycles. The first-order valence-corrected chi connectivity index (χ1v) is 16.0. The van der Waals surface area contributed by atoms with E-state index >= 15 is 0 Å². The van der Waals surface area contributed by atoms with E-state index in [0.717, 1.165) is 83.4 Å². The van der Waals surface area contributed by atoms with Gasteiger partial charge in [0.05, 0.1) is 11.1 Å². The Morgan fingerprint density at radius 3 is 2.55 bits per heavy atom. The third-order valence-electron chi connectivity index (χ3n) is 10.6. The number of carbonyl (C=O) groups is 1. The topological polar surface area (TPSA) is 61.6 Å². The minimum Gasteiger partial charge on any atom is -0.481 e. The first-order chi connectivity index (χ1) is 19.5. The summed E-state index contributed by atoms with van der Waals surface area (Å²) in [4.78, 5) is 17.5. The molecule has 40 heavy (non-hydrogen) atoms. The van der Waals surface area contributed by atoms with E-state index in [9.17, 15) is 14.3 Å². The van der Waals surface area contributed by atoms with Gasteiger partial charge in [-0.1, -0.05) is 31.4 Å². The summed E-state index contributed by atoms with van der Waals surface area (Å²) in [7, 11) is 0. The number of aryl methyl sites for hydroxylation is 2. The third kappa shape index (κ3) is 5.61. The molecule has 2 atom stereocenters. The lowest BCUT2D eigenvalue weighted by atomic mass is 9.73. The summed E-state index contributed by atoms with van der Waals surface area (Å²) in [6.07, 6.45) is 11.9. The number of hydrogen-bond acceptors (Lipinski definition) is 4. The van der Waals surface area contributed by atoms with Crippen LogP contribution in [0.2, 0.25) is 0 Å². The number of carboxylic acids is 1. The number of aliphatic carboxylic acids is 1. The van der Waals surface area contributed by atoms with Gasteiger partial charge in [-0.05, 0) is 101 Å². The fourth-order valence-electron chi connectivity index (χ4n) is 8.54. The largest absolute Gasteiger partial charge is 0.481 e. The maximum Gasteiger partial charge on any atom is 0.310 e. The zero-order valence-electron chi connectivity index (χ0n) is 24.3. The maximum atomic E-state index is 14.3. The van der Waals surface area contributed by atoms with E-state index in [1.807, 2.05) is 6.07 Å². The summed E-state index contributed by atoms with van der Waals surface area (Å²) < 4.78 is 16.6. The van der Waals surface area contributed by atoms with Crippen molar-refractivity contribution in [2.75, 3.05) is 39.3 Å². The molecular formula is C33H47FN4O2. The molecule has 2 saturated heterocycles. The number of rotatable bonds is 8. The van der Waals surface area contributed by atoms with Crippen molar-refractivity contribution in [2.45, 2.75) is 95.9 Å². The van der Waals surface area contributed by atoms with Gasteiger partial charge >= 0.3 is 5.97 Å². The maximum absolute atomic E-state index is 14.3. The lowest BCUT2D eigenvalue weighted by molar-refractivity contribution is -0.152. The SMILES string of the molecule is CCn1nc2c(c1C1CCN(C[C@@H]3CN(CC4(C(=O)O)CCCCC4)C[C@@H]3c3cccc(F)c3)CC1)CCCC2. The van der Waals surface area contributed by atoms with Crippen molar-refractivity contribution in [1.29, 1.82) is 0 Å². The predicted octanol–water partition coefficient (Wildman–Crippen LogP) is 5.85. The van der Waals surface area contributed by atoms with Crippen LogP contribution in [-0.2, 0) is 24.2 Å². The highest BCUT2D eigenvalue weighted by atomic mass is 19.1. The Balaban J connectivity index is 1.15. The second-order valence-corrected chi connectivity index (χ2v) is 13.2. The van der Waals surface area contributed by atoms with Crippen molar-refractivity contribution in [3.8, 4) is 0 Å². The number of carboxylic acid groups (broad SMARTS) is 1. The van der Waals surface area contributed by atoms with E-state index in [2.05, 4.69) is 27.5 Å². The Kier molecular flexibility index (Phi) is 8.32. The summed E-state index contributed by atoms with van der Waals surface area (Å²) >= 11 is 0. The van der Waals surface area contributed by atoms with E-state index in [-0.39, 0.29) is 11.7 Å². The molecule has 6 nitrogen and oxygen atoms in total. The highest BCUT2D eigenvalue weighted by molar-refractivity contribution is 5.75. The second-order valence-electron chi connectivity index (χ2n) is 13.2. The van der Waals surface area contributed by atoms with Gasteiger partial charge < -0.3 is 14.9 Å². The Morgan fingerprint density at radius 1 is 1.05 bits per heavy atom. The van der Waals surface area contributed by atoms with E-state index in [1.165, 1.54) is 49.6 Å². The van der Waals surface area contributed by atoms with Crippen molar-refractivity contribution in [2.24, 2.45) is 11.3 Å². The van der Waals surface area contributed by atoms with Crippen molar-refractivity contribution in [1.82, 2.24) is 19.6 Å². The molecule has 7 heteroatoms. The van der Waals surface area contributed by atoms with Crippen LogP contribution in [-0.4, -0.2) is 69.9 Å². The molecule has 1 aromatic carbocycles. The molecule has 6 rings (SSSR count). The Bertz CT molecular complexity index is 1180. The van der Waals surface area contributed by atoms with Crippen molar-refractivity contribution >= 4 is 5.97 Å². The smallest absolute Gasteiger partial charge is 0.310 e. The van der Waals surface area contributed by atoms with Gasteiger partial charge in [0.15, 0.2) is 0 Å². The number of benzene rings is 1. The fourth-order valence-corrected chi connectivity index (χ4v) is 8.54. The van der Waals surface area contributed by atoms with Gasteiger partial charge in [0, 0.05) is 50.3 Å². The molecule has 0 unspecified atom stereocenters. The summed E-state index contributed by atoms with van der Waals surface area (Å²) in [6.45, 7) is 8.67. The van der Waals surface area contributed by atoms with Gasteiger partial charge in [-0.3, -0.25) is 9.48 Å². The molecule has 1 saturated carbocycles. The zero-order valence-corrected chi connectivity index (χ0v) is 24.3. The summed E-state index contributed by atoms with van der Waals surface area (Å²) in [5, 5.41) is 15.2. The van der Waals surface area contributed by atoms with Gasteiger partial charge in [-0.15, -0.1) is 0 Å². The molecule has 2 aliphatic carbocycles. The standard InChI is InChI=1S/C33H47FN4O2/c1-2-38-31(28-11-4-5-12-30(28)35-38)24-13-17-36(18-14-24)20-26-21-37(22-29(26)25-9-8-10-27(34)19-25)23-33(32(39)40)15-6-3-7-16-33/h8-10,19,24,26,29H,2-7,11-18,20-23H2,1H3,(H,39,40)/t26-,29-/m1/s1. The molecular weight excluding hydrogens is 503 g/mol. The van der Waals surface area contributed by atoms with Crippen LogP contribution in [0.5, 0.6) is 0 Å². The van der Waals surface area contributed by atoms with E-state index in [0.29, 0.717) is 18.4 Å². The molecule has 4 aliphatic rings. The summed E-state index contributed by atoms with van der Waals surface area (Å²) in [5.74, 6) is 0.388. The van der Waals surface area contributed by atoms with E-state index < -0.39 is 11.4 Å². The number of nitrogens with zero attached hydrogens (tertiary/aromatic N) is 4. The van der Waals surface area contributed by atoms with E-state index in [1.54, 1.807) is 11.6 Å². The second kappa shape index (κ2) is 11.9. The molecule has 1 aromatic heterocycles. The van der Waals surface area contributed by atoms with Crippen molar-refractivity contribution in [3.63, 3.8) is 0 Å². The number of halogens is 1. The molecule has 0 radical (unpaired) electrons. The lowest BCUT2D eigenvalue weighted by Crippen LogP contribution is -2.44. The van der Waals surface area contributed by atoms with Crippen LogP contribution < -0.4 is 0 Å². The molecule has 0 amide bonds. The molecule has 3 heterocycles. The van der Waals surface area contributed by atoms with Crippen molar-refractivity contribution < 1.29 is 14.3 Å². The van der Waals surface area contributed by atoms with Crippen molar-refractivity contribution in [3.05, 3.63) is 52.6 Å². The van der Waals surface area contributed by atoms with Crippen LogP contribution in [0, 0.1) is 17.2 Å². The van der Waals surface area contributed by atoms with Crippen LogP contribution in [0.4, 0.5) is 4.39 Å². The highest BCUT2D eigenvalue weighted by Gasteiger charge is 2.44. The molecule has 0 spiro atoms. The Labute approximate surface area is 238 Å². The molecule has 2 aromatic rings. The fraction of sp³-hybridized carbons (Fsp3) is 0.697. The lowest BCUT2D eigenvalue weighted by Gasteiger charge is -2.37. The van der Waals surface area contributed by atoms with Crippen LogP contribution in [0.25, 0.3) is 0 Å². The predicted molar refractivity (Wildman–Crippen MR) is 155 cm³/mol. The van der Waals surface area contributed by atoms with Crippen LogP contribution >= 0.6 is 0 Å². The monoisotopic (exact) mass is 550 g/mol. The van der Waals surface area contributed by atoms with Crippen LogP contribution in [0.15, 0.2) is 24.3 Å². The normalized spacial score (nSPS) is 26.1. The zero-order chi connectivity index (χ0) is 27.7. The first kappa shape index (κ1) is 27.9. The molecule has 1 N–H and O–H groups in total. The molecule has 0 bridgehead atoms. The highest BCUT2D eigenvalue weighted by Crippen LogP contribution is 2.42. The first-order valence-electron chi connectivity index (χ1n) is 16.0. The minimum absolute atomic E-state index is 0.180. The van der Waals surface area contributed by atoms with Gasteiger partial charge in [-0.2, -0.15) is 5.10 Å². The number of aromatic nitrogens is 2. The van der Waals surface area contributed by atoms with Gasteiger partial charge in [0.2, 0.25) is 0 Å². The summed E-state index contributed by atoms with van der Waals surface area (Å²) in [5.41, 5.74) is 4.87. The van der Waals surface area contributed by atoms with E-state index in [4.69, 9.17) is 5.10 Å². The molecule has 3 fully saturated rings. The minimum atomic E-state index is -0.631. The number of hydrogen-bond donors (Lipinski definition) is 1. The number of piperidine rings is 1. The number of likely N-dealkylation sites (tertiary alicyclic amines) is 2. The van der Waals surface area contributed by atoms with Gasteiger partial charge in [0.25, 0.3) is 0 Å². The van der Waals surface area contributed by atoms with Crippen LogP contribution in [0.1, 0.15) is 99.1 Å². The Hall–Kier alpha value is -2.25. The third-order valence-corrected chi connectivity index (χ3v) is 10.6. The van der Waals surface area contributed by atoms with Gasteiger partial charge in [0.1, 0.15) is 5.82 Å². The number of fused-ring (bicyclic) bond motifs is 1. The summed E-state index contributed by atoms with van der Waals surface area (Å²) in [6, 6.07) is 7.12.